The van der Waals surface area contributed by atoms with Gasteiger partial charge in [0.15, 0.2) is 0 Å². The van der Waals surface area contributed by atoms with E-state index in [1.807, 2.05) is 0 Å². The Morgan fingerprint density at radius 3 is 1.87 bits per heavy atom. The molecule has 0 rings (SSSR count). The van der Waals surface area contributed by atoms with E-state index in [-0.39, 0.29) is 0 Å². The van der Waals surface area contributed by atoms with Crippen molar-refractivity contribution in [1.82, 2.24) is 0 Å². The molecule has 0 aliphatic carbocycles. The third kappa shape index (κ3) is 20.1. The summed E-state index contributed by atoms with van der Waals surface area (Å²) in [6, 6.07) is 0. The van der Waals surface area contributed by atoms with Gasteiger partial charge in [0.25, 0.3) is 0 Å². The van der Waals surface area contributed by atoms with Gasteiger partial charge in [0.05, 0.1) is 0 Å². The molecule has 0 fully saturated rings. The van der Waals surface area contributed by atoms with Crippen LogP contribution in [0.15, 0.2) is 0 Å². The van der Waals surface area contributed by atoms with E-state index in [1.54, 1.807) is 0 Å². The molecule has 3 heteroatoms. The second-order valence-corrected chi connectivity index (χ2v) is 8.87. The van der Waals surface area contributed by atoms with Gasteiger partial charge >= 0.3 is 0 Å². The second kappa shape index (κ2) is 18.4. The summed E-state index contributed by atoms with van der Waals surface area (Å²) in [6.45, 7) is 8.43. The van der Waals surface area contributed by atoms with E-state index in [0.29, 0.717) is 0 Å². The minimum absolute atomic E-state index is 0.623. The molecule has 0 aromatic rings. The molecule has 140 valence electrons. The predicted molar refractivity (Wildman–Crippen MR) is 105 cm³/mol. The zero-order valence-corrected chi connectivity index (χ0v) is 16.9. The smallest absolute Gasteiger partial charge is 0.0474 e. The van der Waals surface area contributed by atoms with E-state index < -0.39 is 10.8 Å². The number of unbranched alkanes of at least 4 members (excludes halogenated alkanes) is 8. The van der Waals surface area contributed by atoms with E-state index in [9.17, 15) is 4.21 Å². The van der Waals surface area contributed by atoms with Gasteiger partial charge in [0.1, 0.15) is 0 Å². The zero-order chi connectivity index (χ0) is 17.2. The van der Waals surface area contributed by atoms with Crippen LogP contribution in [0.3, 0.4) is 0 Å². The fourth-order valence-electron chi connectivity index (χ4n) is 2.65. The molecule has 0 N–H and O–H groups in total. The minimum Gasteiger partial charge on any atom is -0.381 e. The topological polar surface area (TPSA) is 26.3 Å². The average molecular weight is 347 g/mol. The Hall–Kier alpha value is 0.110. The van der Waals surface area contributed by atoms with E-state index in [2.05, 4.69) is 20.8 Å². The molecule has 0 saturated heterocycles. The van der Waals surface area contributed by atoms with Crippen molar-refractivity contribution in [2.75, 3.05) is 24.7 Å². The van der Waals surface area contributed by atoms with Gasteiger partial charge in [0, 0.05) is 35.5 Å². The molecule has 0 radical (unpaired) electrons. The monoisotopic (exact) mass is 346 g/mol. The van der Waals surface area contributed by atoms with E-state index >= 15 is 0 Å². The predicted octanol–water partition coefficient (Wildman–Crippen LogP) is 6.11. The number of rotatable bonds is 18. The Morgan fingerprint density at radius 1 is 0.739 bits per heavy atom. The average Bonchev–Trinajstić information content (AvgIpc) is 2.52. The Bertz CT molecular complexity index is 254. The molecule has 23 heavy (non-hydrogen) atoms. The Kier molecular flexibility index (Phi) is 18.5. The maximum absolute atomic E-state index is 11.8. The SMILES string of the molecule is CCCCOCCCS(=O)CCCCCCCCCCC(C)C. The maximum Gasteiger partial charge on any atom is 0.0474 e. The van der Waals surface area contributed by atoms with Crippen LogP contribution in [0.2, 0.25) is 0 Å². The van der Waals surface area contributed by atoms with Crippen molar-refractivity contribution in [3.8, 4) is 0 Å². The van der Waals surface area contributed by atoms with Crippen LogP contribution in [-0.4, -0.2) is 28.9 Å². The van der Waals surface area contributed by atoms with Gasteiger partial charge in [-0.05, 0) is 25.2 Å². The first kappa shape index (κ1) is 23.1. The molecule has 0 aliphatic heterocycles. The Morgan fingerprint density at radius 2 is 1.26 bits per heavy atom. The van der Waals surface area contributed by atoms with Crippen LogP contribution in [0, 0.1) is 5.92 Å². The minimum atomic E-state index is -0.623. The summed E-state index contributed by atoms with van der Waals surface area (Å²) >= 11 is 0. The van der Waals surface area contributed by atoms with Crippen LogP contribution >= 0.6 is 0 Å². The molecule has 0 aromatic heterocycles. The molecular weight excluding hydrogens is 304 g/mol. The molecule has 0 amide bonds. The lowest BCUT2D eigenvalue weighted by Crippen LogP contribution is -2.06. The van der Waals surface area contributed by atoms with Crippen molar-refractivity contribution in [1.29, 1.82) is 0 Å². The van der Waals surface area contributed by atoms with Crippen LogP contribution in [0.1, 0.15) is 97.8 Å². The quantitative estimate of drug-likeness (QED) is 0.280. The van der Waals surface area contributed by atoms with Crippen LogP contribution in [-0.2, 0) is 15.5 Å². The molecule has 1 atom stereocenters. The van der Waals surface area contributed by atoms with Crippen molar-refractivity contribution in [3.63, 3.8) is 0 Å². The highest BCUT2D eigenvalue weighted by Gasteiger charge is 2.00. The first-order valence-electron chi connectivity index (χ1n) is 10.1. The lowest BCUT2D eigenvalue weighted by Gasteiger charge is -2.05. The van der Waals surface area contributed by atoms with Gasteiger partial charge in [0.2, 0.25) is 0 Å². The Labute approximate surface area is 148 Å². The molecule has 0 heterocycles. The number of ether oxygens (including phenoxy) is 1. The fraction of sp³-hybridized carbons (Fsp3) is 1.00. The van der Waals surface area contributed by atoms with Crippen LogP contribution in [0.25, 0.3) is 0 Å². The van der Waals surface area contributed by atoms with E-state index in [0.717, 1.165) is 49.9 Å². The summed E-state index contributed by atoms with van der Waals surface area (Å²) < 4.78 is 17.4. The first-order valence-corrected chi connectivity index (χ1v) is 11.6. The summed E-state index contributed by atoms with van der Waals surface area (Å²) in [4.78, 5) is 0. The summed E-state index contributed by atoms with van der Waals surface area (Å²) in [6.07, 6.45) is 15.3. The highest BCUT2D eigenvalue weighted by molar-refractivity contribution is 7.84. The van der Waals surface area contributed by atoms with E-state index in [4.69, 9.17) is 4.74 Å². The van der Waals surface area contributed by atoms with Gasteiger partial charge < -0.3 is 4.74 Å². The highest BCUT2D eigenvalue weighted by atomic mass is 32.2. The summed E-state index contributed by atoms with van der Waals surface area (Å²) in [5, 5.41) is 0. The van der Waals surface area contributed by atoms with Crippen molar-refractivity contribution >= 4 is 10.8 Å². The van der Waals surface area contributed by atoms with Crippen LogP contribution in [0.5, 0.6) is 0 Å². The molecule has 0 bridgehead atoms. The van der Waals surface area contributed by atoms with Gasteiger partial charge in [-0.1, -0.05) is 78.6 Å². The molecule has 2 nitrogen and oxygen atoms in total. The van der Waals surface area contributed by atoms with Gasteiger partial charge in [-0.25, -0.2) is 0 Å². The first-order chi connectivity index (χ1) is 11.2. The van der Waals surface area contributed by atoms with Crippen molar-refractivity contribution in [2.45, 2.75) is 97.8 Å². The van der Waals surface area contributed by atoms with Gasteiger partial charge in [-0.15, -0.1) is 0 Å². The normalized spacial score (nSPS) is 12.9. The number of hydrogen-bond acceptors (Lipinski definition) is 2. The molecule has 1 unspecified atom stereocenters. The fourth-order valence-corrected chi connectivity index (χ4v) is 3.82. The number of hydrogen-bond donors (Lipinski definition) is 0. The molecule has 0 aromatic carbocycles. The van der Waals surface area contributed by atoms with E-state index in [1.165, 1.54) is 57.8 Å². The van der Waals surface area contributed by atoms with Gasteiger partial charge in [-0.3, -0.25) is 4.21 Å². The van der Waals surface area contributed by atoms with Crippen molar-refractivity contribution in [2.24, 2.45) is 5.92 Å². The van der Waals surface area contributed by atoms with Crippen molar-refractivity contribution in [3.05, 3.63) is 0 Å². The molecule has 0 spiro atoms. The molecule has 0 aliphatic rings. The van der Waals surface area contributed by atoms with Crippen LogP contribution < -0.4 is 0 Å². The maximum atomic E-state index is 11.8. The summed E-state index contributed by atoms with van der Waals surface area (Å²) in [7, 11) is -0.623. The summed E-state index contributed by atoms with van der Waals surface area (Å²) in [5.41, 5.74) is 0. The van der Waals surface area contributed by atoms with Gasteiger partial charge in [-0.2, -0.15) is 0 Å². The largest absolute Gasteiger partial charge is 0.381 e. The zero-order valence-electron chi connectivity index (χ0n) is 16.1. The van der Waals surface area contributed by atoms with Crippen molar-refractivity contribution < 1.29 is 8.95 Å². The third-order valence-electron chi connectivity index (χ3n) is 4.21. The summed E-state index contributed by atoms with van der Waals surface area (Å²) in [5.74, 6) is 2.57. The lowest BCUT2D eigenvalue weighted by molar-refractivity contribution is 0.132. The van der Waals surface area contributed by atoms with Crippen LogP contribution in [0.4, 0.5) is 0 Å². The Balaban J connectivity index is 3.14. The lowest BCUT2D eigenvalue weighted by atomic mass is 10.0. The molecular formula is C20H42O2S. The second-order valence-electron chi connectivity index (χ2n) is 7.18. The molecule has 0 saturated carbocycles. The standard InChI is InChI=1S/C20H42O2S/c1-4-5-16-22-17-14-19-23(21)18-13-11-9-7-6-8-10-12-15-20(2)3/h20H,4-19H2,1-3H3. The third-order valence-corrected chi connectivity index (χ3v) is 5.69. The highest BCUT2D eigenvalue weighted by Crippen LogP contribution is 2.12.